The number of amides is 1. The van der Waals surface area contributed by atoms with Gasteiger partial charge in [-0.25, -0.2) is 0 Å². The first-order valence-electron chi connectivity index (χ1n) is 7.83. The predicted octanol–water partition coefficient (Wildman–Crippen LogP) is 3.31. The fraction of sp³-hybridized carbons (Fsp3) is 0.588. The highest BCUT2D eigenvalue weighted by atomic mass is 16.2. The Hall–Kier alpha value is -1.51. The molecule has 1 N–H and O–H groups in total. The highest BCUT2D eigenvalue weighted by Crippen LogP contribution is 2.29. The maximum atomic E-state index is 12.9. The second-order valence-corrected chi connectivity index (χ2v) is 6.34. The number of rotatable bonds is 1. The van der Waals surface area contributed by atoms with Crippen LogP contribution in [0.2, 0.25) is 0 Å². The van der Waals surface area contributed by atoms with Gasteiger partial charge in [0.05, 0.1) is 0 Å². The molecule has 2 heterocycles. The monoisotopic (exact) mass is 272 g/mol. The third-order valence-corrected chi connectivity index (χ3v) is 4.72. The average molecular weight is 272 g/mol. The van der Waals surface area contributed by atoms with Crippen LogP contribution in [0.3, 0.4) is 0 Å². The van der Waals surface area contributed by atoms with Crippen LogP contribution >= 0.6 is 0 Å². The lowest BCUT2D eigenvalue weighted by Crippen LogP contribution is -2.44. The summed E-state index contributed by atoms with van der Waals surface area (Å²) in [6, 6.07) is 6.45. The zero-order valence-electron chi connectivity index (χ0n) is 12.5. The van der Waals surface area contributed by atoms with Crippen molar-refractivity contribution in [2.24, 2.45) is 5.92 Å². The van der Waals surface area contributed by atoms with Gasteiger partial charge in [-0.3, -0.25) is 4.79 Å². The van der Waals surface area contributed by atoms with E-state index in [9.17, 15) is 4.79 Å². The van der Waals surface area contributed by atoms with Crippen LogP contribution in [0.15, 0.2) is 18.2 Å². The molecule has 2 atom stereocenters. The van der Waals surface area contributed by atoms with Gasteiger partial charge in [0, 0.05) is 30.4 Å². The van der Waals surface area contributed by atoms with Gasteiger partial charge in [-0.2, -0.15) is 0 Å². The minimum absolute atomic E-state index is 0.227. The van der Waals surface area contributed by atoms with Crippen molar-refractivity contribution in [1.82, 2.24) is 4.90 Å². The number of hydrogen-bond acceptors (Lipinski definition) is 2. The largest absolute Gasteiger partial charge is 0.385 e. The second kappa shape index (κ2) is 5.47. The summed E-state index contributed by atoms with van der Waals surface area (Å²) >= 11 is 0. The number of fused-ring (bicyclic) bond motifs is 1. The number of piperidine rings is 1. The summed E-state index contributed by atoms with van der Waals surface area (Å²) in [5.74, 6) is 0.963. The van der Waals surface area contributed by atoms with Crippen LogP contribution in [0, 0.1) is 5.92 Å². The van der Waals surface area contributed by atoms with Gasteiger partial charge >= 0.3 is 0 Å². The lowest BCUT2D eigenvalue weighted by molar-refractivity contribution is 0.0587. The summed E-state index contributed by atoms with van der Waals surface area (Å²) in [6.07, 6.45) is 4.38. The molecule has 0 saturated carbocycles. The standard InChI is InChI=1S/C17H24N2O/c1-12-8-10-19(13(2)11-12)17(20)15-5-3-7-16-14(15)6-4-9-18-16/h3,5,7,12-13,18H,4,6,8-11H2,1-2H3/t12-,13-/m1/s1. The molecule has 3 nitrogen and oxygen atoms in total. The Morgan fingerprint density at radius 1 is 1.35 bits per heavy atom. The molecule has 0 bridgehead atoms. The van der Waals surface area contributed by atoms with Crippen LogP contribution in [0.1, 0.15) is 49.0 Å². The topological polar surface area (TPSA) is 32.3 Å². The van der Waals surface area contributed by atoms with Gasteiger partial charge in [0.1, 0.15) is 0 Å². The number of nitrogens with one attached hydrogen (secondary N) is 1. The molecule has 0 spiro atoms. The van der Waals surface area contributed by atoms with Gasteiger partial charge in [0.25, 0.3) is 5.91 Å². The molecule has 1 amide bonds. The quantitative estimate of drug-likeness (QED) is 0.850. The first kappa shape index (κ1) is 13.5. The van der Waals surface area contributed by atoms with Crippen molar-refractivity contribution in [3.63, 3.8) is 0 Å². The summed E-state index contributed by atoms with van der Waals surface area (Å²) in [5.41, 5.74) is 3.28. The molecule has 1 aromatic carbocycles. The molecule has 3 rings (SSSR count). The summed E-state index contributed by atoms with van der Waals surface area (Å²) < 4.78 is 0. The van der Waals surface area contributed by atoms with E-state index in [4.69, 9.17) is 0 Å². The van der Waals surface area contributed by atoms with E-state index in [-0.39, 0.29) is 5.91 Å². The Balaban J connectivity index is 1.87. The van der Waals surface area contributed by atoms with E-state index in [1.54, 1.807) is 0 Å². The molecule has 1 fully saturated rings. The molecule has 2 aliphatic rings. The predicted molar refractivity (Wildman–Crippen MR) is 82.1 cm³/mol. The Morgan fingerprint density at radius 2 is 2.20 bits per heavy atom. The first-order chi connectivity index (χ1) is 9.66. The maximum Gasteiger partial charge on any atom is 0.254 e. The van der Waals surface area contributed by atoms with Gasteiger partial charge < -0.3 is 10.2 Å². The van der Waals surface area contributed by atoms with E-state index in [1.165, 1.54) is 5.56 Å². The first-order valence-corrected chi connectivity index (χ1v) is 7.83. The number of nitrogens with zero attached hydrogens (tertiary/aromatic N) is 1. The number of carbonyl (C=O) groups is 1. The summed E-state index contributed by atoms with van der Waals surface area (Å²) in [6.45, 7) is 6.38. The molecule has 0 aromatic heterocycles. The fourth-order valence-corrected chi connectivity index (χ4v) is 3.57. The Labute approximate surface area is 121 Å². The Kier molecular flexibility index (Phi) is 3.68. The van der Waals surface area contributed by atoms with E-state index >= 15 is 0 Å². The van der Waals surface area contributed by atoms with Crippen molar-refractivity contribution < 1.29 is 4.79 Å². The third kappa shape index (κ3) is 2.41. The molecule has 20 heavy (non-hydrogen) atoms. The molecule has 3 heteroatoms. The van der Waals surface area contributed by atoms with Crippen LogP contribution in [0.5, 0.6) is 0 Å². The van der Waals surface area contributed by atoms with Crippen molar-refractivity contribution in [2.75, 3.05) is 18.4 Å². The van der Waals surface area contributed by atoms with Gasteiger partial charge in [-0.1, -0.05) is 13.0 Å². The van der Waals surface area contributed by atoms with Crippen LogP contribution in [0.4, 0.5) is 5.69 Å². The fourth-order valence-electron chi connectivity index (χ4n) is 3.57. The van der Waals surface area contributed by atoms with Gasteiger partial charge in [-0.05, 0) is 56.2 Å². The maximum absolute atomic E-state index is 12.9. The molecule has 108 valence electrons. The minimum Gasteiger partial charge on any atom is -0.385 e. The SMILES string of the molecule is C[C@@H]1CCN(C(=O)c2cccc3c2CCCN3)[C@H](C)C1. The van der Waals surface area contributed by atoms with Crippen molar-refractivity contribution >= 4 is 11.6 Å². The smallest absolute Gasteiger partial charge is 0.254 e. The Morgan fingerprint density at radius 3 is 3.00 bits per heavy atom. The molecule has 0 unspecified atom stereocenters. The van der Waals surface area contributed by atoms with Gasteiger partial charge in [-0.15, -0.1) is 0 Å². The van der Waals surface area contributed by atoms with E-state index in [0.29, 0.717) is 6.04 Å². The van der Waals surface area contributed by atoms with Crippen molar-refractivity contribution in [3.8, 4) is 0 Å². The van der Waals surface area contributed by atoms with E-state index in [0.717, 1.165) is 55.9 Å². The van der Waals surface area contributed by atoms with Gasteiger partial charge in [0.15, 0.2) is 0 Å². The average Bonchev–Trinajstić information content (AvgIpc) is 2.46. The van der Waals surface area contributed by atoms with E-state index in [2.05, 4.69) is 30.1 Å². The highest BCUT2D eigenvalue weighted by Gasteiger charge is 2.29. The van der Waals surface area contributed by atoms with Crippen LogP contribution in [-0.4, -0.2) is 29.9 Å². The number of anilines is 1. The molecule has 0 radical (unpaired) electrons. The summed E-state index contributed by atoms with van der Waals surface area (Å²) in [4.78, 5) is 15.0. The Bertz CT molecular complexity index is 512. The molecular weight excluding hydrogens is 248 g/mol. The number of carbonyl (C=O) groups excluding carboxylic acids is 1. The molecule has 1 aromatic rings. The number of likely N-dealkylation sites (tertiary alicyclic amines) is 1. The molecule has 1 saturated heterocycles. The van der Waals surface area contributed by atoms with E-state index < -0.39 is 0 Å². The third-order valence-electron chi connectivity index (χ3n) is 4.72. The van der Waals surface area contributed by atoms with Crippen molar-refractivity contribution in [1.29, 1.82) is 0 Å². The van der Waals surface area contributed by atoms with Gasteiger partial charge in [0.2, 0.25) is 0 Å². The van der Waals surface area contributed by atoms with E-state index in [1.807, 2.05) is 12.1 Å². The lowest BCUT2D eigenvalue weighted by atomic mass is 9.91. The normalized spacial score (nSPS) is 25.8. The van der Waals surface area contributed by atoms with Crippen LogP contribution < -0.4 is 5.32 Å². The summed E-state index contributed by atoms with van der Waals surface area (Å²) in [5, 5.41) is 3.41. The zero-order chi connectivity index (χ0) is 14.1. The number of hydrogen-bond donors (Lipinski definition) is 1. The van der Waals surface area contributed by atoms with Crippen LogP contribution in [0.25, 0.3) is 0 Å². The zero-order valence-corrected chi connectivity index (χ0v) is 12.5. The summed E-state index contributed by atoms with van der Waals surface area (Å²) in [7, 11) is 0. The minimum atomic E-state index is 0.227. The lowest BCUT2D eigenvalue weighted by Gasteiger charge is -2.37. The second-order valence-electron chi connectivity index (χ2n) is 6.34. The highest BCUT2D eigenvalue weighted by molar-refractivity contribution is 5.97. The van der Waals surface area contributed by atoms with Crippen molar-refractivity contribution in [2.45, 2.75) is 45.6 Å². The van der Waals surface area contributed by atoms with Crippen molar-refractivity contribution in [3.05, 3.63) is 29.3 Å². The molecular formula is C17H24N2O. The molecule has 0 aliphatic carbocycles. The molecule has 2 aliphatic heterocycles. The van der Waals surface area contributed by atoms with Crippen LogP contribution in [-0.2, 0) is 6.42 Å². The number of benzene rings is 1.